The van der Waals surface area contributed by atoms with Crippen LogP contribution in [0.25, 0.3) is 0 Å². The van der Waals surface area contributed by atoms with E-state index in [0.717, 1.165) is 32.8 Å². The molecule has 0 radical (unpaired) electrons. The average molecular weight is 300 g/mol. The molecule has 0 aromatic heterocycles. The molecule has 0 unspecified atom stereocenters. The van der Waals surface area contributed by atoms with Gasteiger partial charge in [-0.3, -0.25) is 9.69 Å². The van der Waals surface area contributed by atoms with Crippen LogP contribution in [0.1, 0.15) is 38.5 Å². The van der Waals surface area contributed by atoms with Crippen LogP contribution in [-0.4, -0.2) is 61.2 Å². The third-order valence-electron chi connectivity index (χ3n) is 4.61. The van der Waals surface area contributed by atoms with Crippen LogP contribution in [0.2, 0.25) is 0 Å². The fourth-order valence-corrected chi connectivity index (χ4v) is 3.84. The van der Waals surface area contributed by atoms with E-state index in [1.807, 2.05) is 6.26 Å². The van der Waals surface area contributed by atoms with Gasteiger partial charge >= 0.3 is 0 Å². The zero-order chi connectivity index (χ0) is 14.3. The van der Waals surface area contributed by atoms with Crippen molar-refractivity contribution in [2.24, 2.45) is 0 Å². The van der Waals surface area contributed by atoms with E-state index in [1.165, 1.54) is 38.5 Å². The molecule has 2 aliphatic rings. The van der Waals surface area contributed by atoms with Gasteiger partial charge in [-0.2, -0.15) is 11.8 Å². The number of amides is 1. The summed E-state index contributed by atoms with van der Waals surface area (Å²) in [5, 5.41) is 3.18. The molecule has 0 aromatic carbocycles. The zero-order valence-corrected chi connectivity index (χ0v) is 13.5. The summed E-state index contributed by atoms with van der Waals surface area (Å²) in [5.74, 6) is 0.744. The Morgan fingerprint density at radius 1 is 1.20 bits per heavy atom. The normalized spacial score (nSPS) is 24.1. The fraction of sp³-hybridized carbons (Fsp3) is 0.933. The topological polar surface area (TPSA) is 41.6 Å². The van der Waals surface area contributed by atoms with Gasteiger partial charge in [0.25, 0.3) is 0 Å². The summed E-state index contributed by atoms with van der Waals surface area (Å²) in [5.41, 5.74) is 0.175. The predicted molar refractivity (Wildman–Crippen MR) is 84.2 cm³/mol. The number of carbonyl (C=O) groups excluding carboxylic acids is 1. The molecule has 116 valence electrons. The van der Waals surface area contributed by atoms with Gasteiger partial charge in [-0.1, -0.05) is 25.7 Å². The number of ether oxygens (including phenoxy) is 1. The minimum absolute atomic E-state index is 0.175. The number of morpholine rings is 1. The first-order valence-electron chi connectivity index (χ1n) is 7.85. The molecule has 0 spiro atoms. The molecular formula is C15H28N2O2S. The van der Waals surface area contributed by atoms with Crippen molar-refractivity contribution in [1.29, 1.82) is 0 Å². The van der Waals surface area contributed by atoms with Crippen LogP contribution in [0, 0.1) is 0 Å². The van der Waals surface area contributed by atoms with Gasteiger partial charge in [-0.15, -0.1) is 0 Å². The Morgan fingerprint density at radius 2 is 1.85 bits per heavy atom. The van der Waals surface area contributed by atoms with Crippen molar-refractivity contribution in [2.75, 3.05) is 44.9 Å². The maximum atomic E-state index is 11.8. The molecule has 1 saturated carbocycles. The number of nitrogens with one attached hydrogen (secondary N) is 1. The van der Waals surface area contributed by atoms with Crippen molar-refractivity contribution in [3.8, 4) is 0 Å². The van der Waals surface area contributed by atoms with E-state index < -0.39 is 0 Å². The van der Waals surface area contributed by atoms with Crippen molar-refractivity contribution >= 4 is 17.7 Å². The first kappa shape index (κ1) is 16.1. The first-order chi connectivity index (χ1) is 9.77. The standard InChI is InChI=1S/C15H28N2O2S/c1-20-12-14(18)16-13-15(6-4-2-3-5-7-15)17-8-10-19-11-9-17/h2-13H2,1H3,(H,16,18). The second kappa shape index (κ2) is 8.25. The molecule has 2 rings (SSSR count). The molecule has 1 heterocycles. The molecule has 0 aromatic rings. The third-order valence-corrected chi connectivity index (χ3v) is 5.16. The molecule has 20 heavy (non-hydrogen) atoms. The van der Waals surface area contributed by atoms with Gasteiger partial charge in [0.05, 0.1) is 19.0 Å². The molecule has 0 bridgehead atoms. The van der Waals surface area contributed by atoms with Gasteiger partial charge in [0.2, 0.25) is 5.91 Å². The van der Waals surface area contributed by atoms with Gasteiger partial charge < -0.3 is 10.1 Å². The summed E-state index contributed by atoms with van der Waals surface area (Å²) in [6, 6.07) is 0. The van der Waals surface area contributed by atoms with Crippen LogP contribution in [-0.2, 0) is 9.53 Å². The monoisotopic (exact) mass is 300 g/mol. The van der Waals surface area contributed by atoms with Crippen molar-refractivity contribution in [3.63, 3.8) is 0 Å². The quantitative estimate of drug-likeness (QED) is 0.787. The van der Waals surface area contributed by atoms with E-state index in [0.29, 0.717) is 5.75 Å². The first-order valence-corrected chi connectivity index (χ1v) is 9.25. The summed E-state index contributed by atoms with van der Waals surface area (Å²) in [4.78, 5) is 14.4. The van der Waals surface area contributed by atoms with Gasteiger partial charge in [0.15, 0.2) is 0 Å². The van der Waals surface area contributed by atoms with E-state index in [-0.39, 0.29) is 11.4 Å². The average Bonchev–Trinajstić information content (AvgIpc) is 2.73. The Hall–Kier alpha value is -0.260. The number of rotatable bonds is 5. The van der Waals surface area contributed by atoms with E-state index in [2.05, 4.69) is 10.2 Å². The predicted octanol–water partition coefficient (Wildman–Crippen LogP) is 1.89. The summed E-state index contributed by atoms with van der Waals surface area (Å²) in [6.07, 6.45) is 9.66. The van der Waals surface area contributed by atoms with Crippen LogP contribution < -0.4 is 5.32 Å². The molecule has 0 atom stereocenters. The minimum atomic E-state index is 0.175. The summed E-state index contributed by atoms with van der Waals surface area (Å²) in [7, 11) is 0. The number of hydrogen-bond acceptors (Lipinski definition) is 4. The van der Waals surface area contributed by atoms with E-state index in [4.69, 9.17) is 4.74 Å². The largest absolute Gasteiger partial charge is 0.379 e. The molecule has 1 amide bonds. The number of hydrogen-bond donors (Lipinski definition) is 1. The second-order valence-electron chi connectivity index (χ2n) is 5.95. The van der Waals surface area contributed by atoms with Crippen LogP contribution >= 0.6 is 11.8 Å². The van der Waals surface area contributed by atoms with Gasteiger partial charge in [0.1, 0.15) is 0 Å². The lowest BCUT2D eigenvalue weighted by Gasteiger charge is -2.45. The Kier molecular flexibility index (Phi) is 6.65. The molecule has 1 saturated heterocycles. The maximum absolute atomic E-state index is 11.8. The molecule has 4 nitrogen and oxygen atoms in total. The number of nitrogens with zero attached hydrogens (tertiary/aromatic N) is 1. The molecule has 1 aliphatic heterocycles. The van der Waals surface area contributed by atoms with E-state index in [1.54, 1.807) is 11.8 Å². The molecule has 1 N–H and O–H groups in total. The van der Waals surface area contributed by atoms with Gasteiger partial charge in [0, 0.05) is 25.2 Å². The molecular weight excluding hydrogens is 272 g/mol. The van der Waals surface area contributed by atoms with Crippen molar-refractivity contribution < 1.29 is 9.53 Å². The highest BCUT2D eigenvalue weighted by Gasteiger charge is 2.37. The van der Waals surface area contributed by atoms with Crippen LogP contribution in [0.4, 0.5) is 0 Å². The van der Waals surface area contributed by atoms with Crippen LogP contribution in [0.3, 0.4) is 0 Å². The molecule has 1 aliphatic carbocycles. The van der Waals surface area contributed by atoms with Crippen molar-refractivity contribution in [1.82, 2.24) is 10.2 Å². The summed E-state index contributed by atoms with van der Waals surface area (Å²) >= 11 is 1.59. The van der Waals surface area contributed by atoms with Crippen molar-refractivity contribution in [3.05, 3.63) is 0 Å². The Bertz CT molecular complexity index is 298. The third kappa shape index (κ3) is 4.37. The highest BCUT2D eigenvalue weighted by molar-refractivity contribution is 7.99. The van der Waals surface area contributed by atoms with Gasteiger partial charge in [-0.25, -0.2) is 0 Å². The number of thioether (sulfide) groups is 1. The molecule has 5 heteroatoms. The summed E-state index contributed by atoms with van der Waals surface area (Å²) in [6.45, 7) is 4.50. The van der Waals surface area contributed by atoms with Gasteiger partial charge in [-0.05, 0) is 19.1 Å². The summed E-state index contributed by atoms with van der Waals surface area (Å²) < 4.78 is 5.50. The Labute approximate surface area is 127 Å². The minimum Gasteiger partial charge on any atom is -0.379 e. The number of carbonyl (C=O) groups is 1. The van der Waals surface area contributed by atoms with Crippen LogP contribution in [0.15, 0.2) is 0 Å². The lowest BCUT2D eigenvalue weighted by molar-refractivity contribution is -0.119. The lowest BCUT2D eigenvalue weighted by Crippen LogP contribution is -2.58. The Balaban J connectivity index is 2.00. The van der Waals surface area contributed by atoms with E-state index >= 15 is 0 Å². The van der Waals surface area contributed by atoms with Crippen molar-refractivity contribution in [2.45, 2.75) is 44.1 Å². The maximum Gasteiger partial charge on any atom is 0.230 e. The fourth-order valence-electron chi connectivity index (χ4n) is 3.47. The lowest BCUT2D eigenvalue weighted by atomic mass is 9.87. The smallest absolute Gasteiger partial charge is 0.230 e. The zero-order valence-electron chi connectivity index (χ0n) is 12.7. The molecule has 2 fully saturated rings. The SMILES string of the molecule is CSCC(=O)NCC1(N2CCOCC2)CCCCCC1. The Morgan fingerprint density at radius 3 is 2.45 bits per heavy atom. The second-order valence-corrected chi connectivity index (χ2v) is 6.81. The highest BCUT2D eigenvalue weighted by atomic mass is 32.2. The van der Waals surface area contributed by atoms with E-state index in [9.17, 15) is 4.79 Å². The highest BCUT2D eigenvalue weighted by Crippen LogP contribution is 2.32. The van der Waals surface area contributed by atoms with Crippen LogP contribution in [0.5, 0.6) is 0 Å².